The van der Waals surface area contributed by atoms with Gasteiger partial charge in [-0.15, -0.1) is 0 Å². The van der Waals surface area contributed by atoms with Crippen molar-refractivity contribution in [2.24, 2.45) is 0 Å². The molecule has 1 N–H and O–H groups in total. The highest BCUT2D eigenvalue weighted by molar-refractivity contribution is 5.44. The normalized spacial score (nSPS) is 17.4. The number of furan rings is 1. The summed E-state index contributed by atoms with van der Waals surface area (Å²) in [6, 6.07) is 3.60. The fraction of sp³-hybridized carbons (Fsp3) is 0.571. The zero-order valence-corrected chi connectivity index (χ0v) is 11.8. The first-order valence-electron chi connectivity index (χ1n) is 7.16. The number of hydrogen-bond donors (Lipinski definition) is 1. The Balaban J connectivity index is 1.49. The summed E-state index contributed by atoms with van der Waals surface area (Å²) in [6.45, 7) is 2.99. The number of likely N-dealkylation sites (tertiary alicyclic amines) is 1. The monoisotopic (exact) mass is 293 g/mol. The maximum atomic E-state index is 8.75. The van der Waals surface area contributed by atoms with Crippen molar-refractivity contribution < 1.29 is 18.8 Å². The van der Waals surface area contributed by atoms with Crippen LogP contribution in [0.15, 0.2) is 27.3 Å². The molecule has 0 radical (unpaired) electrons. The van der Waals surface area contributed by atoms with Crippen molar-refractivity contribution in [3.63, 3.8) is 0 Å². The molecule has 0 bridgehead atoms. The van der Waals surface area contributed by atoms with Crippen LogP contribution in [0.1, 0.15) is 18.7 Å². The van der Waals surface area contributed by atoms with Gasteiger partial charge < -0.3 is 18.8 Å². The molecular formula is C14H19N3O4. The molecule has 0 unspecified atom stereocenters. The number of nitrogens with zero attached hydrogens (tertiary/aromatic N) is 3. The van der Waals surface area contributed by atoms with E-state index in [9.17, 15) is 0 Å². The van der Waals surface area contributed by atoms with Crippen molar-refractivity contribution in [3.05, 3.63) is 24.3 Å². The van der Waals surface area contributed by atoms with E-state index in [4.69, 9.17) is 18.8 Å². The van der Waals surface area contributed by atoms with E-state index in [-0.39, 0.29) is 12.7 Å². The van der Waals surface area contributed by atoms with E-state index in [0.29, 0.717) is 30.6 Å². The van der Waals surface area contributed by atoms with Crippen LogP contribution in [0.4, 0.5) is 0 Å². The summed E-state index contributed by atoms with van der Waals surface area (Å²) >= 11 is 0. The molecule has 1 fully saturated rings. The number of aromatic nitrogens is 2. The van der Waals surface area contributed by atoms with Gasteiger partial charge in [-0.25, -0.2) is 0 Å². The van der Waals surface area contributed by atoms with E-state index in [2.05, 4.69) is 15.0 Å². The van der Waals surface area contributed by atoms with E-state index in [1.807, 2.05) is 0 Å². The van der Waals surface area contributed by atoms with E-state index in [0.717, 1.165) is 25.9 Å². The molecule has 114 valence electrons. The quantitative estimate of drug-likeness (QED) is 0.859. The molecule has 7 nitrogen and oxygen atoms in total. The highest BCUT2D eigenvalue weighted by Crippen LogP contribution is 2.18. The van der Waals surface area contributed by atoms with Crippen LogP contribution in [-0.4, -0.2) is 52.6 Å². The highest BCUT2D eigenvalue weighted by atomic mass is 16.5. The lowest BCUT2D eigenvalue weighted by atomic mass is 10.1. The van der Waals surface area contributed by atoms with Crippen LogP contribution in [0.25, 0.3) is 11.6 Å². The Kier molecular flexibility index (Phi) is 4.64. The number of rotatable bonds is 6. The average molecular weight is 293 g/mol. The molecule has 2 aromatic rings. The lowest BCUT2D eigenvalue weighted by molar-refractivity contribution is -0.0104. The van der Waals surface area contributed by atoms with Gasteiger partial charge in [0.05, 0.1) is 32.1 Å². The minimum absolute atomic E-state index is 0.0811. The predicted octanol–water partition coefficient (Wildman–Crippen LogP) is 1.30. The van der Waals surface area contributed by atoms with Crippen LogP contribution < -0.4 is 0 Å². The van der Waals surface area contributed by atoms with Gasteiger partial charge in [0.1, 0.15) is 0 Å². The van der Waals surface area contributed by atoms with Crippen LogP contribution >= 0.6 is 0 Å². The minimum atomic E-state index is 0.0811. The summed E-state index contributed by atoms with van der Waals surface area (Å²) in [5.41, 5.74) is 0. The van der Waals surface area contributed by atoms with Crippen LogP contribution in [-0.2, 0) is 11.3 Å². The first-order valence-corrected chi connectivity index (χ1v) is 7.16. The Morgan fingerprint density at radius 2 is 2.24 bits per heavy atom. The summed E-state index contributed by atoms with van der Waals surface area (Å²) in [7, 11) is 0. The topological polar surface area (TPSA) is 84.8 Å². The van der Waals surface area contributed by atoms with Gasteiger partial charge in [-0.05, 0) is 25.0 Å². The minimum Gasteiger partial charge on any atom is -0.461 e. The standard InChI is InChI=1S/C14H19N3O4/c18-7-9-19-11-3-5-17(6-4-11)10-13-15-14(16-21-13)12-2-1-8-20-12/h1-2,8,11,18H,3-7,9-10H2. The molecule has 21 heavy (non-hydrogen) atoms. The second-order valence-corrected chi connectivity index (χ2v) is 5.06. The lowest BCUT2D eigenvalue weighted by Crippen LogP contribution is -2.37. The fourth-order valence-electron chi connectivity index (χ4n) is 2.47. The van der Waals surface area contributed by atoms with E-state index < -0.39 is 0 Å². The molecule has 0 atom stereocenters. The summed E-state index contributed by atoms with van der Waals surface area (Å²) in [6.07, 6.45) is 3.75. The first-order chi connectivity index (χ1) is 10.3. The lowest BCUT2D eigenvalue weighted by Gasteiger charge is -2.30. The Hall–Kier alpha value is -1.70. The zero-order valence-electron chi connectivity index (χ0n) is 11.8. The van der Waals surface area contributed by atoms with Crippen molar-refractivity contribution in [2.75, 3.05) is 26.3 Å². The molecule has 1 aliphatic heterocycles. The summed E-state index contributed by atoms with van der Waals surface area (Å²) in [5, 5.41) is 12.7. The molecule has 0 aromatic carbocycles. The smallest absolute Gasteiger partial charge is 0.241 e. The van der Waals surface area contributed by atoms with E-state index >= 15 is 0 Å². The van der Waals surface area contributed by atoms with Crippen molar-refractivity contribution in [2.45, 2.75) is 25.5 Å². The zero-order chi connectivity index (χ0) is 14.5. The second kappa shape index (κ2) is 6.84. The summed E-state index contributed by atoms with van der Waals surface area (Å²) < 4.78 is 16.0. The maximum absolute atomic E-state index is 8.75. The molecule has 0 spiro atoms. The number of hydrogen-bond acceptors (Lipinski definition) is 7. The van der Waals surface area contributed by atoms with E-state index in [1.165, 1.54) is 0 Å². The number of ether oxygens (including phenoxy) is 1. The first kappa shape index (κ1) is 14.2. The van der Waals surface area contributed by atoms with Crippen molar-refractivity contribution >= 4 is 0 Å². The highest BCUT2D eigenvalue weighted by Gasteiger charge is 2.21. The van der Waals surface area contributed by atoms with Crippen LogP contribution in [0.3, 0.4) is 0 Å². The summed E-state index contributed by atoms with van der Waals surface area (Å²) in [4.78, 5) is 6.60. The molecule has 0 saturated carbocycles. The maximum Gasteiger partial charge on any atom is 0.241 e. The van der Waals surface area contributed by atoms with Gasteiger partial charge in [-0.3, -0.25) is 4.90 Å². The van der Waals surface area contributed by atoms with Gasteiger partial charge in [0.15, 0.2) is 5.76 Å². The molecule has 0 amide bonds. The van der Waals surface area contributed by atoms with Gasteiger partial charge in [0.25, 0.3) is 0 Å². The Bertz CT molecular complexity index is 532. The Morgan fingerprint density at radius 3 is 2.95 bits per heavy atom. The molecule has 1 aliphatic rings. The number of piperidine rings is 1. The average Bonchev–Trinajstić information content (AvgIpc) is 3.17. The molecular weight excluding hydrogens is 274 g/mol. The third-order valence-electron chi connectivity index (χ3n) is 3.55. The second-order valence-electron chi connectivity index (χ2n) is 5.06. The van der Waals surface area contributed by atoms with Crippen LogP contribution in [0.5, 0.6) is 0 Å². The largest absolute Gasteiger partial charge is 0.461 e. The SMILES string of the molecule is OCCOC1CCN(Cc2nc(-c3ccco3)no2)CC1. The molecule has 3 heterocycles. The van der Waals surface area contributed by atoms with E-state index in [1.54, 1.807) is 18.4 Å². The van der Waals surface area contributed by atoms with Gasteiger partial charge in [-0.2, -0.15) is 4.98 Å². The van der Waals surface area contributed by atoms with Crippen molar-refractivity contribution in [1.29, 1.82) is 0 Å². The number of aliphatic hydroxyl groups is 1. The molecule has 0 aliphatic carbocycles. The summed E-state index contributed by atoms with van der Waals surface area (Å²) in [5.74, 6) is 1.69. The molecule has 2 aromatic heterocycles. The van der Waals surface area contributed by atoms with Gasteiger partial charge in [-0.1, -0.05) is 5.16 Å². The fourth-order valence-corrected chi connectivity index (χ4v) is 2.47. The Morgan fingerprint density at radius 1 is 1.38 bits per heavy atom. The molecule has 7 heteroatoms. The van der Waals surface area contributed by atoms with Crippen molar-refractivity contribution in [1.82, 2.24) is 15.0 Å². The predicted molar refractivity (Wildman–Crippen MR) is 73.3 cm³/mol. The van der Waals surface area contributed by atoms with Crippen molar-refractivity contribution in [3.8, 4) is 11.6 Å². The Labute approximate surface area is 122 Å². The van der Waals surface area contributed by atoms with Gasteiger partial charge in [0, 0.05) is 13.1 Å². The van der Waals surface area contributed by atoms with Gasteiger partial charge in [0.2, 0.25) is 11.7 Å². The van der Waals surface area contributed by atoms with Gasteiger partial charge >= 0.3 is 0 Å². The molecule has 3 rings (SSSR count). The van der Waals surface area contributed by atoms with Crippen LogP contribution in [0, 0.1) is 0 Å². The third kappa shape index (κ3) is 3.69. The molecule has 1 saturated heterocycles. The number of aliphatic hydroxyl groups excluding tert-OH is 1. The van der Waals surface area contributed by atoms with Crippen LogP contribution in [0.2, 0.25) is 0 Å². The third-order valence-corrected chi connectivity index (χ3v) is 3.55.